The average molecular weight is 294 g/mol. The molecule has 0 amide bonds. The second kappa shape index (κ2) is 5.58. The number of hydrazone groups is 1. The fourth-order valence-corrected chi connectivity index (χ4v) is 1.29. The molecule has 0 saturated carbocycles. The minimum atomic E-state index is -0.596. The van der Waals surface area contributed by atoms with E-state index in [1.54, 1.807) is 6.07 Å². The van der Waals surface area contributed by atoms with Crippen LogP contribution >= 0.6 is 15.9 Å². The van der Waals surface area contributed by atoms with Gasteiger partial charge < -0.3 is 0 Å². The molecule has 84 valence electrons. The molecule has 0 heterocycles. The minimum absolute atomic E-state index is 0.0983. The van der Waals surface area contributed by atoms with Crippen molar-refractivity contribution in [2.24, 2.45) is 5.10 Å². The second-order valence-electron chi connectivity index (χ2n) is 2.71. The normalized spacial score (nSPS) is 8.65. The van der Waals surface area contributed by atoms with Crippen molar-refractivity contribution < 1.29 is 4.92 Å². The van der Waals surface area contributed by atoms with Crippen LogP contribution in [0, 0.1) is 32.8 Å². The number of rotatable bonds is 3. The number of anilines is 1. The molecule has 0 saturated heterocycles. The van der Waals surface area contributed by atoms with Crippen LogP contribution < -0.4 is 5.43 Å². The lowest BCUT2D eigenvalue weighted by Crippen LogP contribution is -1.99. The summed E-state index contributed by atoms with van der Waals surface area (Å²) in [5.74, 6) is 0. The number of nitro benzene ring substituents is 1. The summed E-state index contributed by atoms with van der Waals surface area (Å²) in [6.45, 7) is 0. The molecule has 0 radical (unpaired) electrons. The smallest absolute Gasteiger partial charge is 0.270 e. The van der Waals surface area contributed by atoms with Crippen molar-refractivity contribution >= 4 is 33.0 Å². The molecule has 0 fully saturated rings. The van der Waals surface area contributed by atoms with E-state index in [1.807, 2.05) is 0 Å². The van der Waals surface area contributed by atoms with E-state index in [2.05, 4.69) is 26.5 Å². The predicted octanol–water partition coefficient (Wildman–Crippen LogP) is 2.17. The monoisotopic (exact) mass is 293 g/mol. The van der Waals surface area contributed by atoms with Crippen molar-refractivity contribution in [2.75, 3.05) is 5.43 Å². The van der Waals surface area contributed by atoms with E-state index in [4.69, 9.17) is 10.5 Å². The van der Waals surface area contributed by atoms with Gasteiger partial charge in [0.2, 0.25) is 5.71 Å². The topological polar surface area (TPSA) is 115 Å². The van der Waals surface area contributed by atoms with Gasteiger partial charge in [-0.1, -0.05) is 15.9 Å². The first-order chi connectivity index (χ1) is 8.08. The summed E-state index contributed by atoms with van der Waals surface area (Å²) < 4.78 is 0.541. The first kappa shape index (κ1) is 12.6. The SMILES string of the molecule is N#CC(C#N)=NNc1ccc(Br)cc1[N+](=O)[O-]. The molecule has 0 aromatic heterocycles. The Labute approximate surface area is 104 Å². The number of hydrogen-bond donors (Lipinski definition) is 1. The Morgan fingerprint density at radius 3 is 2.65 bits per heavy atom. The molecule has 0 aliphatic carbocycles. The molecule has 1 aromatic carbocycles. The van der Waals surface area contributed by atoms with E-state index in [9.17, 15) is 10.1 Å². The van der Waals surface area contributed by atoms with Crippen LogP contribution in [0.2, 0.25) is 0 Å². The lowest BCUT2D eigenvalue weighted by molar-refractivity contribution is -0.384. The first-order valence-electron chi connectivity index (χ1n) is 4.16. The Balaban J connectivity index is 3.09. The van der Waals surface area contributed by atoms with E-state index in [0.717, 1.165) is 0 Å². The Morgan fingerprint density at radius 1 is 1.47 bits per heavy atom. The van der Waals surface area contributed by atoms with Crippen LogP contribution in [-0.4, -0.2) is 10.6 Å². The van der Waals surface area contributed by atoms with Gasteiger partial charge in [-0.25, -0.2) is 0 Å². The number of nitriles is 2. The van der Waals surface area contributed by atoms with Gasteiger partial charge >= 0.3 is 0 Å². The minimum Gasteiger partial charge on any atom is -0.270 e. The van der Waals surface area contributed by atoms with Crippen molar-refractivity contribution in [2.45, 2.75) is 0 Å². The zero-order chi connectivity index (χ0) is 12.8. The van der Waals surface area contributed by atoms with Crippen molar-refractivity contribution in [3.63, 3.8) is 0 Å². The Kier molecular flexibility index (Phi) is 4.14. The molecule has 0 aliphatic rings. The fourth-order valence-electron chi connectivity index (χ4n) is 0.942. The largest absolute Gasteiger partial charge is 0.295 e. The predicted molar refractivity (Wildman–Crippen MR) is 63.1 cm³/mol. The molecule has 7 nitrogen and oxygen atoms in total. The molecule has 17 heavy (non-hydrogen) atoms. The quantitative estimate of drug-likeness (QED) is 0.521. The third-order valence-corrected chi connectivity index (χ3v) is 2.15. The highest BCUT2D eigenvalue weighted by atomic mass is 79.9. The molecule has 0 atom stereocenters. The van der Waals surface area contributed by atoms with Gasteiger partial charge in [0.05, 0.1) is 4.92 Å². The van der Waals surface area contributed by atoms with Gasteiger partial charge in [-0.05, 0) is 12.1 Å². The molecule has 1 aromatic rings. The molecular formula is C9H4BrN5O2. The highest BCUT2D eigenvalue weighted by molar-refractivity contribution is 9.10. The maximum atomic E-state index is 10.7. The van der Waals surface area contributed by atoms with Gasteiger partial charge in [0.15, 0.2) is 0 Å². The maximum Gasteiger partial charge on any atom is 0.295 e. The maximum absolute atomic E-state index is 10.7. The van der Waals surface area contributed by atoms with E-state index in [0.29, 0.717) is 4.47 Å². The number of nitrogens with zero attached hydrogens (tertiary/aromatic N) is 4. The summed E-state index contributed by atoms with van der Waals surface area (Å²) >= 11 is 3.10. The van der Waals surface area contributed by atoms with Gasteiger partial charge in [-0.3, -0.25) is 15.5 Å². The van der Waals surface area contributed by atoms with Crippen molar-refractivity contribution in [1.82, 2.24) is 0 Å². The van der Waals surface area contributed by atoms with Gasteiger partial charge in [-0.2, -0.15) is 15.6 Å². The Morgan fingerprint density at radius 2 is 2.12 bits per heavy atom. The van der Waals surface area contributed by atoms with Crippen LogP contribution in [0.15, 0.2) is 27.8 Å². The van der Waals surface area contributed by atoms with Crippen LogP contribution in [0.5, 0.6) is 0 Å². The van der Waals surface area contributed by atoms with Crippen LogP contribution in [0.1, 0.15) is 0 Å². The molecule has 1 rings (SSSR count). The highest BCUT2D eigenvalue weighted by Gasteiger charge is 2.13. The summed E-state index contributed by atoms with van der Waals surface area (Å²) in [6, 6.07) is 7.33. The molecule has 0 spiro atoms. The average Bonchev–Trinajstić information content (AvgIpc) is 2.31. The van der Waals surface area contributed by atoms with Crippen molar-refractivity contribution in [1.29, 1.82) is 10.5 Å². The second-order valence-corrected chi connectivity index (χ2v) is 3.63. The van der Waals surface area contributed by atoms with E-state index in [-0.39, 0.29) is 11.4 Å². The third-order valence-electron chi connectivity index (χ3n) is 1.66. The molecule has 1 N–H and O–H groups in total. The van der Waals surface area contributed by atoms with Crippen LogP contribution in [-0.2, 0) is 0 Å². The molecule has 8 heteroatoms. The lowest BCUT2D eigenvalue weighted by atomic mass is 10.3. The van der Waals surface area contributed by atoms with Gasteiger partial charge in [-0.15, -0.1) is 0 Å². The van der Waals surface area contributed by atoms with E-state index in [1.165, 1.54) is 24.3 Å². The van der Waals surface area contributed by atoms with Crippen LogP contribution in [0.3, 0.4) is 0 Å². The standard InChI is InChI=1S/C9H4BrN5O2/c10-6-1-2-8(9(3-6)15(16)17)14-13-7(4-11)5-12/h1-3,14H. The van der Waals surface area contributed by atoms with Crippen molar-refractivity contribution in [3.05, 3.63) is 32.8 Å². The highest BCUT2D eigenvalue weighted by Crippen LogP contribution is 2.27. The van der Waals surface area contributed by atoms with Crippen LogP contribution in [0.25, 0.3) is 0 Å². The molecule has 0 bridgehead atoms. The first-order valence-corrected chi connectivity index (χ1v) is 4.95. The number of nitrogens with one attached hydrogen (secondary N) is 1. The molecule has 0 unspecified atom stereocenters. The Bertz CT molecular complexity index is 554. The third kappa shape index (κ3) is 3.26. The molecular weight excluding hydrogens is 290 g/mol. The summed E-state index contributed by atoms with van der Waals surface area (Å²) in [7, 11) is 0. The Hall–Kier alpha value is -2.45. The number of nitro groups is 1. The summed E-state index contributed by atoms with van der Waals surface area (Å²) in [5, 5.41) is 31.0. The van der Waals surface area contributed by atoms with E-state index >= 15 is 0 Å². The molecule has 0 aliphatic heterocycles. The summed E-state index contributed by atoms with van der Waals surface area (Å²) in [5.41, 5.74) is 1.78. The van der Waals surface area contributed by atoms with E-state index < -0.39 is 10.6 Å². The lowest BCUT2D eigenvalue weighted by Gasteiger charge is -2.01. The van der Waals surface area contributed by atoms with Crippen LogP contribution in [0.4, 0.5) is 11.4 Å². The van der Waals surface area contributed by atoms with Crippen molar-refractivity contribution in [3.8, 4) is 12.1 Å². The number of hydrogen-bond acceptors (Lipinski definition) is 6. The van der Waals surface area contributed by atoms with Gasteiger partial charge in [0.25, 0.3) is 5.69 Å². The summed E-state index contributed by atoms with van der Waals surface area (Å²) in [6.07, 6.45) is 0. The number of halogens is 1. The van der Waals surface area contributed by atoms with Gasteiger partial charge in [0.1, 0.15) is 17.8 Å². The number of benzene rings is 1. The summed E-state index contributed by atoms with van der Waals surface area (Å²) in [4.78, 5) is 10.1. The van der Waals surface area contributed by atoms with Gasteiger partial charge in [0, 0.05) is 10.5 Å². The zero-order valence-electron chi connectivity index (χ0n) is 8.22. The zero-order valence-corrected chi connectivity index (χ0v) is 9.80. The fraction of sp³-hybridized carbons (Fsp3) is 0.